The van der Waals surface area contributed by atoms with Gasteiger partial charge in [0.1, 0.15) is 0 Å². The van der Waals surface area contributed by atoms with Gasteiger partial charge in [-0.3, -0.25) is 4.79 Å². The van der Waals surface area contributed by atoms with Crippen molar-refractivity contribution in [1.82, 2.24) is 0 Å². The lowest BCUT2D eigenvalue weighted by molar-refractivity contribution is 0.0979. The van der Waals surface area contributed by atoms with Crippen molar-refractivity contribution in [3.8, 4) is 0 Å². The molecular formula is C20H31BrO. The minimum absolute atomic E-state index is 0.275. The smallest absolute Gasteiger partial charge is 0.162 e. The molecule has 0 aromatic heterocycles. The third-order valence-corrected chi connectivity index (χ3v) is 4.65. The van der Waals surface area contributed by atoms with Crippen LogP contribution in [0.1, 0.15) is 94.3 Å². The molecule has 0 heterocycles. The quantitative estimate of drug-likeness (QED) is 0.263. The molecule has 0 aliphatic carbocycles. The highest BCUT2D eigenvalue weighted by Crippen LogP contribution is 2.16. The van der Waals surface area contributed by atoms with E-state index in [0.717, 1.165) is 16.5 Å². The highest BCUT2D eigenvalue weighted by molar-refractivity contribution is 9.10. The molecule has 1 nitrogen and oxygen atoms in total. The molecule has 0 amide bonds. The molecular weight excluding hydrogens is 336 g/mol. The van der Waals surface area contributed by atoms with Crippen LogP contribution in [0.15, 0.2) is 28.7 Å². The van der Waals surface area contributed by atoms with Crippen LogP contribution in [-0.4, -0.2) is 5.78 Å². The Bertz CT molecular complexity index is 414. The van der Waals surface area contributed by atoms with Gasteiger partial charge in [0, 0.05) is 16.5 Å². The van der Waals surface area contributed by atoms with E-state index in [9.17, 15) is 4.79 Å². The Kier molecular flexibility index (Phi) is 11.4. The van der Waals surface area contributed by atoms with Gasteiger partial charge >= 0.3 is 0 Å². The van der Waals surface area contributed by atoms with Gasteiger partial charge in [-0.25, -0.2) is 0 Å². The first-order valence-electron chi connectivity index (χ1n) is 9.03. The summed E-state index contributed by atoms with van der Waals surface area (Å²) in [4.78, 5) is 12.0. The molecule has 0 saturated heterocycles. The maximum Gasteiger partial charge on any atom is 0.162 e. The largest absolute Gasteiger partial charge is 0.294 e. The van der Waals surface area contributed by atoms with Crippen LogP contribution in [0.25, 0.3) is 0 Å². The molecule has 0 radical (unpaired) electrons. The molecule has 1 rings (SSSR count). The van der Waals surface area contributed by atoms with Crippen molar-refractivity contribution >= 4 is 21.7 Å². The zero-order valence-corrected chi connectivity index (χ0v) is 15.7. The van der Waals surface area contributed by atoms with Crippen molar-refractivity contribution in [2.24, 2.45) is 0 Å². The number of benzene rings is 1. The van der Waals surface area contributed by atoms with Gasteiger partial charge in [0.05, 0.1) is 0 Å². The zero-order chi connectivity index (χ0) is 16.0. The van der Waals surface area contributed by atoms with Crippen LogP contribution in [0.2, 0.25) is 0 Å². The monoisotopic (exact) mass is 366 g/mol. The topological polar surface area (TPSA) is 17.1 Å². The summed E-state index contributed by atoms with van der Waals surface area (Å²) in [7, 11) is 0. The van der Waals surface area contributed by atoms with E-state index < -0.39 is 0 Å². The van der Waals surface area contributed by atoms with E-state index in [-0.39, 0.29) is 5.78 Å². The lowest BCUT2D eigenvalue weighted by Gasteiger charge is -2.03. The number of carbonyl (C=O) groups excluding carboxylic acids is 1. The summed E-state index contributed by atoms with van der Waals surface area (Å²) in [5.41, 5.74) is 0.835. The van der Waals surface area contributed by atoms with Gasteiger partial charge < -0.3 is 0 Å². The third kappa shape index (κ3) is 9.40. The Labute approximate surface area is 145 Å². The molecule has 0 aliphatic rings. The third-order valence-electron chi connectivity index (χ3n) is 4.15. The summed E-state index contributed by atoms with van der Waals surface area (Å²) in [6, 6.07) is 7.71. The van der Waals surface area contributed by atoms with Gasteiger partial charge in [-0.05, 0) is 18.6 Å². The fraction of sp³-hybridized carbons (Fsp3) is 0.650. The Hall–Kier alpha value is -0.630. The first-order chi connectivity index (χ1) is 10.7. The molecule has 0 aliphatic heterocycles. The Morgan fingerprint density at radius 1 is 0.864 bits per heavy atom. The molecule has 1 aromatic carbocycles. The summed E-state index contributed by atoms with van der Waals surface area (Å²) < 4.78 is 0.984. The van der Waals surface area contributed by atoms with Crippen LogP contribution < -0.4 is 0 Å². The number of ketones is 1. The van der Waals surface area contributed by atoms with E-state index in [1.165, 1.54) is 64.2 Å². The Morgan fingerprint density at radius 2 is 1.41 bits per heavy atom. The molecule has 0 fully saturated rings. The summed E-state index contributed by atoms with van der Waals surface area (Å²) in [6.45, 7) is 2.27. The number of hydrogen-bond donors (Lipinski definition) is 0. The minimum Gasteiger partial charge on any atom is -0.294 e. The second-order valence-corrected chi connectivity index (χ2v) is 7.13. The van der Waals surface area contributed by atoms with Gasteiger partial charge in [-0.2, -0.15) is 0 Å². The lowest BCUT2D eigenvalue weighted by Crippen LogP contribution is -1.98. The van der Waals surface area contributed by atoms with Crippen LogP contribution in [0.3, 0.4) is 0 Å². The van der Waals surface area contributed by atoms with E-state index in [0.29, 0.717) is 6.42 Å². The number of unbranched alkanes of at least 4 members (excludes halogenated alkanes) is 10. The minimum atomic E-state index is 0.275. The summed E-state index contributed by atoms with van der Waals surface area (Å²) in [5.74, 6) is 0.275. The maximum atomic E-state index is 12.0. The van der Waals surface area contributed by atoms with Crippen molar-refractivity contribution in [3.63, 3.8) is 0 Å². The SMILES string of the molecule is CCCCCCCCCCCCCC(=O)c1cccc(Br)c1. The van der Waals surface area contributed by atoms with Crippen molar-refractivity contribution in [1.29, 1.82) is 0 Å². The second-order valence-electron chi connectivity index (χ2n) is 6.22. The predicted octanol–water partition coefficient (Wildman–Crippen LogP) is 7.33. The van der Waals surface area contributed by atoms with Crippen molar-refractivity contribution in [2.75, 3.05) is 0 Å². The van der Waals surface area contributed by atoms with Gasteiger partial charge in [-0.1, -0.05) is 99.2 Å². The van der Waals surface area contributed by atoms with Crippen molar-refractivity contribution < 1.29 is 4.79 Å². The van der Waals surface area contributed by atoms with Crippen LogP contribution in [0.5, 0.6) is 0 Å². The molecule has 124 valence electrons. The van der Waals surface area contributed by atoms with Gasteiger partial charge in [0.2, 0.25) is 0 Å². The van der Waals surface area contributed by atoms with Crippen molar-refractivity contribution in [2.45, 2.75) is 84.0 Å². The molecule has 0 N–H and O–H groups in total. The molecule has 0 saturated carbocycles. The molecule has 2 heteroatoms. The molecule has 0 spiro atoms. The number of Topliss-reactive ketones (excluding diaryl/α,β-unsaturated/α-hetero) is 1. The second kappa shape index (κ2) is 12.9. The van der Waals surface area contributed by atoms with Gasteiger partial charge in [0.15, 0.2) is 5.78 Å². The first-order valence-corrected chi connectivity index (χ1v) is 9.82. The highest BCUT2D eigenvalue weighted by Gasteiger charge is 2.05. The summed E-state index contributed by atoms with van der Waals surface area (Å²) >= 11 is 3.41. The van der Waals surface area contributed by atoms with E-state index in [2.05, 4.69) is 22.9 Å². The number of carbonyl (C=O) groups is 1. The number of hydrogen-bond acceptors (Lipinski definition) is 1. The number of rotatable bonds is 13. The average Bonchev–Trinajstić information content (AvgIpc) is 2.52. The summed E-state index contributed by atoms with van der Waals surface area (Å²) in [5, 5.41) is 0. The predicted molar refractivity (Wildman–Crippen MR) is 99.6 cm³/mol. The van der Waals surface area contributed by atoms with Gasteiger partial charge in [0.25, 0.3) is 0 Å². The van der Waals surface area contributed by atoms with E-state index >= 15 is 0 Å². The molecule has 0 atom stereocenters. The fourth-order valence-corrected chi connectivity index (χ4v) is 3.16. The Morgan fingerprint density at radius 3 is 1.95 bits per heavy atom. The van der Waals surface area contributed by atoms with E-state index in [1.54, 1.807) is 0 Å². The van der Waals surface area contributed by atoms with Gasteiger partial charge in [-0.15, -0.1) is 0 Å². The zero-order valence-electron chi connectivity index (χ0n) is 14.1. The lowest BCUT2D eigenvalue weighted by atomic mass is 10.0. The Balaban J connectivity index is 1.94. The maximum absolute atomic E-state index is 12.0. The summed E-state index contributed by atoms with van der Waals surface area (Å²) in [6.07, 6.45) is 15.2. The fourth-order valence-electron chi connectivity index (χ4n) is 2.76. The standard InChI is InChI=1S/C20H31BrO/c1-2-3-4-5-6-7-8-9-10-11-12-16-20(22)18-14-13-15-19(21)17-18/h13-15,17H,2-12,16H2,1H3. The number of halogens is 1. The van der Waals surface area contributed by atoms with E-state index in [4.69, 9.17) is 0 Å². The normalized spacial score (nSPS) is 10.8. The van der Waals surface area contributed by atoms with E-state index in [1.807, 2.05) is 24.3 Å². The molecule has 0 unspecified atom stereocenters. The molecule has 1 aromatic rings. The van der Waals surface area contributed by atoms with Crippen LogP contribution in [0, 0.1) is 0 Å². The highest BCUT2D eigenvalue weighted by atomic mass is 79.9. The first kappa shape index (κ1) is 19.4. The van der Waals surface area contributed by atoms with Crippen LogP contribution in [-0.2, 0) is 0 Å². The average molecular weight is 367 g/mol. The van der Waals surface area contributed by atoms with Crippen LogP contribution >= 0.6 is 15.9 Å². The molecule has 0 bridgehead atoms. The van der Waals surface area contributed by atoms with Crippen LogP contribution in [0.4, 0.5) is 0 Å². The molecule has 22 heavy (non-hydrogen) atoms. The van der Waals surface area contributed by atoms with Crippen molar-refractivity contribution in [3.05, 3.63) is 34.3 Å².